The number of hydrogen-bond acceptors (Lipinski definition) is 4. The van der Waals surface area contributed by atoms with Gasteiger partial charge in [0.15, 0.2) is 5.84 Å². The molecule has 2 aliphatic heterocycles. The Bertz CT molecular complexity index is 749. The maximum Gasteiger partial charge on any atom is 0.155 e. The van der Waals surface area contributed by atoms with Crippen molar-refractivity contribution < 1.29 is 0 Å². The van der Waals surface area contributed by atoms with E-state index in [1.54, 1.807) is 0 Å². The van der Waals surface area contributed by atoms with E-state index in [2.05, 4.69) is 59.6 Å². The van der Waals surface area contributed by atoms with Gasteiger partial charge in [0.1, 0.15) is 5.71 Å². The molecule has 0 radical (unpaired) electrons. The Morgan fingerprint density at radius 3 is 2.65 bits per heavy atom. The zero-order valence-corrected chi connectivity index (χ0v) is 16.3. The quantitative estimate of drug-likeness (QED) is 0.823. The summed E-state index contributed by atoms with van der Waals surface area (Å²) in [4.78, 5) is 14.4. The average Bonchev–Trinajstić information content (AvgIpc) is 2.67. The molecular formula is C22H30N4. The van der Waals surface area contributed by atoms with Crippen molar-refractivity contribution >= 4 is 22.8 Å². The molecule has 1 aromatic rings. The topological polar surface area (TPSA) is 31.2 Å². The highest BCUT2D eigenvalue weighted by molar-refractivity contribution is 6.59. The van der Waals surface area contributed by atoms with E-state index in [0.717, 1.165) is 55.4 Å². The van der Waals surface area contributed by atoms with Gasteiger partial charge in [-0.3, -0.25) is 4.99 Å². The predicted octanol–water partition coefficient (Wildman–Crippen LogP) is 3.96. The van der Waals surface area contributed by atoms with Crippen molar-refractivity contribution in [2.24, 2.45) is 9.98 Å². The molecule has 0 aromatic heterocycles. The van der Waals surface area contributed by atoms with Gasteiger partial charge in [-0.25, -0.2) is 4.99 Å². The molecule has 3 rings (SSSR count). The summed E-state index contributed by atoms with van der Waals surface area (Å²) >= 11 is 0. The minimum atomic E-state index is 0.981. The molecule has 0 aliphatic carbocycles. The van der Waals surface area contributed by atoms with E-state index in [1.807, 2.05) is 13.1 Å². The van der Waals surface area contributed by atoms with Crippen LogP contribution in [0.25, 0.3) is 5.57 Å². The van der Waals surface area contributed by atoms with Gasteiger partial charge in [0.25, 0.3) is 0 Å². The van der Waals surface area contributed by atoms with Gasteiger partial charge in [-0.05, 0) is 37.6 Å². The first-order chi connectivity index (χ1) is 12.7. The third-order valence-corrected chi connectivity index (χ3v) is 5.17. The molecule has 0 spiro atoms. The van der Waals surface area contributed by atoms with Gasteiger partial charge in [-0.1, -0.05) is 38.1 Å². The van der Waals surface area contributed by atoms with Crippen molar-refractivity contribution in [3.8, 4) is 0 Å². The number of likely N-dealkylation sites (N-methyl/N-ethyl adjacent to an activating group) is 1. The summed E-state index contributed by atoms with van der Waals surface area (Å²) < 4.78 is 0. The van der Waals surface area contributed by atoms with E-state index in [1.165, 1.54) is 24.0 Å². The van der Waals surface area contributed by atoms with E-state index in [4.69, 9.17) is 4.99 Å². The van der Waals surface area contributed by atoms with Gasteiger partial charge >= 0.3 is 0 Å². The van der Waals surface area contributed by atoms with Gasteiger partial charge in [0.2, 0.25) is 0 Å². The Labute approximate surface area is 157 Å². The third kappa shape index (κ3) is 3.80. The van der Waals surface area contributed by atoms with E-state index in [9.17, 15) is 0 Å². The number of nitrogens with zero attached hydrogens (tertiary/aromatic N) is 4. The van der Waals surface area contributed by atoms with Gasteiger partial charge in [0, 0.05) is 44.4 Å². The van der Waals surface area contributed by atoms with Crippen LogP contribution in [0.4, 0.5) is 5.69 Å². The van der Waals surface area contributed by atoms with Crippen molar-refractivity contribution in [3.63, 3.8) is 0 Å². The second-order valence-corrected chi connectivity index (χ2v) is 7.07. The van der Waals surface area contributed by atoms with Gasteiger partial charge in [-0.15, -0.1) is 0 Å². The molecule has 138 valence electrons. The Morgan fingerprint density at radius 1 is 1.23 bits per heavy atom. The van der Waals surface area contributed by atoms with Crippen molar-refractivity contribution in [3.05, 3.63) is 48.1 Å². The molecule has 0 unspecified atom stereocenters. The van der Waals surface area contributed by atoms with E-state index >= 15 is 0 Å². The lowest BCUT2D eigenvalue weighted by atomic mass is 9.92. The number of fused-ring (bicyclic) bond motifs is 1. The monoisotopic (exact) mass is 350 g/mol. The first-order valence-electron chi connectivity index (χ1n) is 9.63. The Morgan fingerprint density at radius 2 is 2.00 bits per heavy atom. The number of aliphatic imine (C=N–C) groups is 2. The fourth-order valence-corrected chi connectivity index (χ4v) is 3.59. The molecule has 26 heavy (non-hydrogen) atoms. The molecule has 0 atom stereocenters. The fourth-order valence-electron chi connectivity index (χ4n) is 3.59. The normalized spacial score (nSPS) is 21.0. The van der Waals surface area contributed by atoms with Crippen LogP contribution in [0.5, 0.6) is 0 Å². The number of amidine groups is 1. The largest absolute Gasteiger partial charge is 0.352 e. The molecule has 2 heterocycles. The van der Waals surface area contributed by atoms with E-state index in [-0.39, 0.29) is 0 Å². The summed E-state index contributed by atoms with van der Waals surface area (Å²) in [7, 11) is 4.04. The lowest BCUT2D eigenvalue weighted by molar-refractivity contribution is 0.217. The highest BCUT2D eigenvalue weighted by Gasteiger charge is 2.28. The molecule has 0 bridgehead atoms. The van der Waals surface area contributed by atoms with Crippen LogP contribution in [0.2, 0.25) is 0 Å². The lowest BCUT2D eigenvalue weighted by Gasteiger charge is -2.36. The minimum Gasteiger partial charge on any atom is -0.352 e. The number of piperazine rings is 1. The second kappa shape index (κ2) is 8.45. The zero-order valence-electron chi connectivity index (χ0n) is 16.3. The van der Waals surface area contributed by atoms with Gasteiger partial charge in [-0.2, -0.15) is 0 Å². The summed E-state index contributed by atoms with van der Waals surface area (Å²) in [6, 6.07) is 6.68. The molecule has 0 saturated carbocycles. The van der Waals surface area contributed by atoms with E-state index in [0.29, 0.717) is 0 Å². The highest BCUT2D eigenvalue weighted by Crippen LogP contribution is 2.34. The molecule has 4 heteroatoms. The van der Waals surface area contributed by atoms with Crippen LogP contribution in [0.15, 0.2) is 46.9 Å². The van der Waals surface area contributed by atoms with E-state index < -0.39 is 0 Å². The smallest absolute Gasteiger partial charge is 0.155 e. The minimum absolute atomic E-state index is 0.981. The lowest BCUT2D eigenvalue weighted by Crippen LogP contribution is -2.50. The molecule has 0 N–H and O–H groups in total. The van der Waals surface area contributed by atoms with Crippen LogP contribution >= 0.6 is 0 Å². The van der Waals surface area contributed by atoms with Crippen LogP contribution < -0.4 is 0 Å². The number of unbranched alkanes of at least 4 members (excludes halogenated alkanes) is 1. The van der Waals surface area contributed by atoms with Crippen molar-refractivity contribution in [1.29, 1.82) is 0 Å². The summed E-state index contributed by atoms with van der Waals surface area (Å²) in [5.74, 6) is 1.00. The molecule has 2 aliphatic rings. The SMILES string of the molecule is C=C/C=C1\C(=NC)C(N2CCN(C)CC2)=Nc2ccc(CCCC)cc21. The first-order valence-corrected chi connectivity index (χ1v) is 9.63. The Balaban J connectivity index is 2.03. The number of hydrogen-bond donors (Lipinski definition) is 0. The van der Waals surface area contributed by atoms with Gasteiger partial charge < -0.3 is 9.80 Å². The predicted molar refractivity (Wildman–Crippen MR) is 113 cm³/mol. The number of benzene rings is 1. The summed E-state index contributed by atoms with van der Waals surface area (Å²) in [5, 5.41) is 0. The van der Waals surface area contributed by atoms with Crippen molar-refractivity contribution in [1.82, 2.24) is 9.80 Å². The molecule has 4 nitrogen and oxygen atoms in total. The van der Waals surface area contributed by atoms with Crippen LogP contribution in [-0.2, 0) is 6.42 Å². The molecule has 1 aromatic carbocycles. The Hall–Kier alpha value is -2.20. The third-order valence-electron chi connectivity index (χ3n) is 5.17. The number of aryl methyl sites for hydroxylation is 1. The first kappa shape index (κ1) is 18.6. The number of allylic oxidation sites excluding steroid dienone is 2. The van der Waals surface area contributed by atoms with Gasteiger partial charge in [0.05, 0.1) is 5.69 Å². The fraction of sp³-hybridized carbons (Fsp3) is 0.455. The van der Waals surface area contributed by atoms with Crippen LogP contribution in [0.1, 0.15) is 30.9 Å². The molecule has 1 saturated heterocycles. The van der Waals surface area contributed by atoms with Crippen molar-refractivity contribution in [2.75, 3.05) is 40.3 Å². The van der Waals surface area contributed by atoms with Crippen LogP contribution in [0, 0.1) is 0 Å². The molecule has 0 amide bonds. The molecular weight excluding hydrogens is 320 g/mol. The highest BCUT2D eigenvalue weighted by atomic mass is 15.3. The standard InChI is InChI=1S/C22H30N4/c1-5-7-9-17-10-11-20-19(16-17)18(8-6-2)21(23-3)22(24-20)26-14-12-25(4)13-15-26/h6,8,10-11,16H,2,5,7,9,12-15H2,1,3-4H3/b18-8-,23-21?. The second-order valence-electron chi connectivity index (χ2n) is 7.07. The number of rotatable bonds is 4. The molecule has 1 fully saturated rings. The summed E-state index contributed by atoms with van der Waals surface area (Å²) in [6.07, 6.45) is 7.47. The zero-order chi connectivity index (χ0) is 18.5. The summed E-state index contributed by atoms with van der Waals surface area (Å²) in [6.45, 7) is 10.2. The average molecular weight is 351 g/mol. The van der Waals surface area contributed by atoms with Crippen LogP contribution in [-0.4, -0.2) is 61.6 Å². The maximum absolute atomic E-state index is 5.02. The van der Waals surface area contributed by atoms with Crippen LogP contribution in [0.3, 0.4) is 0 Å². The Kier molecular flexibility index (Phi) is 6.04. The van der Waals surface area contributed by atoms with Crippen molar-refractivity contribution in [2.45, 2.75) is 26.2 Å². The maximum atomic E-state index is 5.02. The summed E-state index contributed by atoms with van der Waals surface area (Å²) in [5.41, 5.74) is 5.71.